The molecule has 2 aliphatic rings. The van der Waals surface area contributed by atoms with Crippen LogP contribution in [-0.2, 0) is 34.0 Å². The van der Waals surface area contributed by atoms with Gasteiger partial charge in [-0.1, -0.05) is 43.5 Å². The van der Waals surface area contributed by atoms with E-state index in [0.717, 1.165) is 48.1 Å². The van der Waals surface area contributed by atoms with Crippen LogP contribution in [0.3, 0.4) is 0 Å². The summed E-state index contributed by atoms with van der Waals surface area (Å²) < 4.78 is 107. The van der Waals surface area contributed by atoms with E-state index in [4.69, 9.17) is 0 Å². The van der Waals surface area contributed by atoms with Crippen LogP contribution in [0.4, 0.5) is 26.3 Å². The Bertz CT molecular complexity index is 1320. The molecule has 0 aliphatic heterocycles. The van der Waals surface area contributed by atoms with E-state index < -0.39 is 57.2 Å². The van der Waals surface area contributed by atoms with Crippen LogP contribution < -0.4 is 15.4 Å². The monoisotopic (exact) mass is 605 g/mol. The van der Waals surface area contributed by atoms with Gasteiger partial charge in [-0.15, -0.1) is 0 Å². The third-order valence-corrected chi connectivity index (χ3v) is 9.08. The molecule has 13 heteroatoms. The predicted molar refractivity (Wildman–Crippen MR) is 140 cm³/mol. The highest BCUT2D eigenvalue weighted by Gasteiger charge is 2.44. The normalized spacial score (nSPS) is 19.4. The Hall–Kier alpha value is -2.64. The van der Waals surface area contributed by atoms with E-state index in [-0.39, 0.29) is 6.07 Å². The molecule has 1 saturated carbocycles. The molecular weight excluding hydrogens is 572 g/mol. The van der Waals surface area contributed by atoms with Crippen LogP contribution in [0.1, 0.15) is 79.7 Å². The first-order chi connectivity index (χ1) is 19.2. The van der Waals surface area contributed by atoms with Crippen molar-refractivity contribution in [3.05, 3.63) is 64.7 Å². The summed E-state index contributed by atoms with van der Waals surface area (Å²) in [6.07, 6.45) is -3.37. The lowest BCUT2D eigenvalue weighted by Gasteiger charge is -2.28. The minimum atomic E-state index is -5.17. The second-order valence-electron chi connectivity index (χ2n) is 10.7. The van der Waals surface area contributed by atoms with Gasteiger partial charge in [0.05, 0.1) is 22.9 Å². The Morgan fingerprint density at radius 1 is 0.927 bits per heavy atom. The van der Waals surface area contributed by atoms with Gasteiger partial charge in [0.25, 0.3) is 0 Å². The number of rotatable bonds is 9. The number of fused-ring (bicyclic) bond motifs is 1. The maximum atomic E-state index is 13.8. The summed E-state index contributed by atoms with van der Waals surface area (Å²) in [5, 5.41) is 6.17. The first kappa shape index (κ1) is 31.3. The Balaban J connectivity index is 1.41. The lowest BCUT2D eigenvalue weighted by Crippen LogP contribution is -2.48. The largest absolute Gasteiger partial charge is 0.416 e. The van der Waals surface area contributed by atoms with Crippen LogP contribution in [0.5, 0.6) is 0 Å². The molecule has 0 heterocycles. The van der Waals surface area contributed by atoms with Crippen molar-refractivity contribution in [2.45, 2.75) is 99.7 Å². The van der Waals surface area contributed by atoms with Gasteiger partial charge in [0.2, 0.25) is 15.9 Å². The molecule has 1 fully saturated rings. The van der Waals surface area contributed by atoms with Crippen LogP contribution >= 0.6 is 0 Å². The van der Waals surface area contributed by atoms with Gasteiger partial charge < -0.3 is 10.6 Å². The molecule has 2 aromatic carbocycles. The molecule has 4 rings (SSSR count). The van der Waals surface area contributed by atoms with Crippen LogP contribution in [-0.4, -0.2) is 32.6 Å². The number of carbonyl (C=O) groups excluding carboxylic acids is 1. The van der Waals surface area contributed by atoms with E-state index in [1.807, 2.05) is 18.2 Å². The Morgan fingerprint density at radius 2 is 1.66 bits per heavy atom. The van der Waals surface area contributed by atoms with Gasteiger partial charge in [-0.2, -0.15) is 31.1 Å². The number of carbonyl (C=O) groups is 1. The number of halogens is 6. The summed E-state index contributed by atoms with van der Waals surface area (Å²) in [4.78, 5) is 11.7. The van der Waals surface area contributed by atoms with Gasteiger partial charge >= 0.3 is 12.4 Å². The smallest absolute Gasteiger partial charge is 0.349 e. The number of alkyl halides is 6. The number of nitrogens with one attached hydrogen (secondary N) is 3. The van der Waals surface area contributed by atoms with E-state index >= 15 is 0 Å². The van der Waals surface area contributed by atoms with E-state index in [9.17, 15) is 39.6 Å². The van der Waals surface area contributed by atoms with Crippen molar-refractivity contribution < 1.29 is 39.6 Å². The second kappa shape index (κ2) is 12.7. The third kappa shape index (κ3) is 8.45. The molecule has 0 spiro atoms. The van der Waals surface area contributed by atoms with Crippen molar-refractivity contribution in [1.82, 2.24) is 15.4 Å². The molecular formula is C28H33F6N3O3S. The summed E-state index contributed by atoms with van der Waals surface area (Å²) >= 11 is 0. The fourth-order valence-electron chi connectivity index (χ4n) is 5.45. The molecule has 2 atom stereocenters. The van der Waals surface area contributed by atoms with Gasteiger partial charge in [0, 0.05) is 12.6 Å². The lowest BCUT2D eigenvalue weighted by molar-refractivity contribution is -0.158. The van der Waals surface area contributed by atoms with E-state index in [1.54, 1.807) is 0 Å². The zero-order chi connectivity index (χ0) is 29.8. The quantitative estimate of drug-likeness (QED) is 0.310. The van der Waals surface area contributed by atoms with Crippen molar-refractivity contribution in [3.63, 3.8) is 0 Å². The van der Waals surface area contributed by atoms with E-state index in [0.29, 0.717) is 31.5 Å². The molecule has 6 nitrogen and oxygen atoms in total. The molecule has 0 radical (unpaired) electrons. The van der Waals surface area contributed by atoms with Crippen molar-refractivity contribution in [3.8, 4) is 0 Å². The Labute approximate surface area is 235 Å². The fourth-order valence-corrected chi connectivity index (χ4v) is 6.72. The fraction of sp³-hybridized carbons (Fsp3) is 0.536. The van der Waals surface area contributed by atoms with Crippen molar-refractivity contribution in [2.24, 2.45) is 0 Å². The standard InChI is InChI=1S/C28H33F6N3O3S/c29-27(30,31)20-7-5-10-22(15-20)41(39,40)37-25(28(32,33)34)16-26(38)36-24-11-4-6-19-14-18(12-13-23(19)24)17-35-21-8-2-1-3-9-21/h5,7,10,12-15,21,24-25,35,37H,1-4,6,8-9,11,16-17H2,(H,36,38)/t24-,25+/m1/s1. The molecule has 1 amide bonds. The maximum Gasteiger partial charge on any atom is 0.416 e. The summed E-state index contributed by atoms with van der Waals surface area (Å²) in [6.45, 7) is 0.703. The highest BCUT2D eigenvalue weighted by atomic mass is 32.2. The molecule has 3 N–H and O–H groups in total. The van der Waals surface area contributed by atoms with Crippen LogP contribution in [0.25, 0.3) is 0 Å². The summed E-state index contributed by atoms with van der Waals surface area (Å²) in [7, 11) is -5.03. The molecule has 0 unspecified atom stereocenters. The van der Waals surface area contributed by atoms with E-state index in [2.05, 4.69) is 10.6 Å². The van der Waals surface area contributed by atoms with Gasteiger partial charge in [-0.3, -0.25) is 4.79 Å². The Kier molecular flexibility index (Phi) is 9.70. The zero-order valence-electron chi connectivity index (χ0n) is 22.2. The number of aryl methyl sites for hydroxylation is 1. The molecule has 2 aromatic rings. The number of sulfonamides is 1. The second-order valence-corrected chi connectivity index (χ2v) is 12.4. The molecule has 0 aromatic heterocycles. The first-order valence-corrected chi connectivity index (χ1v) is 15.1. The summed E-state index contributed by atoms with van der Waals surface area (Å²) in [6, 6.07) is 5.34. The van der Waals surface area contributed by atoms with Gasteiger partial charge in [-0.05, 0) is 67.0 Å². The van der Waals surface area contributed by atoms with Crippen LogP contribution in [0.2, 0.25) is 0 Å². The van der Waals surface area contributed by atoms with Crippen LogP contribution in [0.15, 0.2) is 47.4 Å². The first-order valence-electron chi connectivity index (χ1n) is 13.6. The molecule has 2 aliphatic carbocycles. The molecule has 0 bridgehead atoms. The summed E-state index contributed by atoms with van der Waals surface area (Å²) in [5.41, 5.74) is 1.56. The highest BCUT2D eigenvalue weighted by molar-refractivity contribution is 7.89. The van der Waals surface area contributed by atoms with Gasteiger partial charge in [0.1, 0.15) is 6.04 Å². The van der Waals surface area contributed by atoms with Crippen molar-refractivity contribution in [2.75, 3.05) is 0 Å². The molecule has 226 valence electrons. The zero-order valence-corrected chi connectivity index (χ0v) is 23.1. The highest BCUT2D eigenvalue weighted by Crippen LogP contribution is 2.33. The predicted octanol–water partition coefficient (Wildman–Crippen LogP) is 5.92. The Morgan fingerprint density at radius 3 is 2.34 bits per heavy atom. The average molecular weight is 606 g/mol. The van der Waals surface area contributed by atoms with E-state index in [1.165, 1.54) is 24.0 Å². The number of hydrogen-bond acceptors (Lipinski definition) is 4. The number of hydrogen-bond donors (Lipinski definition) is 3. The van der Waals surface area contributed by atoms with Crippen molar-refractivity contribution >= 4 is 15.9 Å². The molecule has 41 heavy (non-hydrogen) atoms. The minimum Gasteiger partial charge on any atom is -0.349 e. The SMILES string of the molecule is O=C(C[C@H](NS(=O)(=O)c1cccc(C(F)(F)F)c1)C(F)(F)F)N[C@@H]1CCCc2cc(CNC3CCCCC3)ccc21. The van der Waals surface area contributed by atoms with Crippen molar-refractivity contribution in [1.29, 1.82) is 0 Å². The van der Waals surface area contributed by atoms with Gasteiger partial charge in [-0.25, -0.2) is 8.42 Å². The average Bonchev–Trinajstić information content (AvgIpc) is 2.91. The third-order valence-electron chi connectivity index (χ3n) is 7.61. The van der Waals surface area contributed by atoms with Crippen LogP contribution in [0, 0.1) is 0 Å². The maximum absolute atomic E-state index is 13.8. The minimum absolute atomic E-state index is 0.244. The van der Waals surface area contributed by atoms with Gasteiger partial charge in [0.15, 0.2) is 0 Å². The summed E-state index contributed by atoms with van der Waals surface area (Å²) in [5.74, 6) is -1.03. The lowest BCUT2D eigenvalue weighted by atomic mass is 9.86. The number of benzene rings is 2. The molecule has 0 saturated heterocycles. The number of amides is 1. The topological polar surface area (TPSA) is 87.3 Å².